The van der Waals surface area contributed by atoms with Gasteiger partial charge in [0.1, 0.15) is 0 Å². The summed E-state index contributed by atoms with van der Waals surface area (Å²) >= 11 is 0. The zero-order valence-corrected chi connectivity index (χ0v) is 19.3. The van der Waals surface area contributed by atoms with Crippen LogP contribution < -0.4 is 5.73 Å². The molecule has 0 radical (unpaired) electrons. The molecule has 1 heteroatoms. The molecule has 0 saturated heterocycles. The van der Waals surface area contributed by atoms with Crippen LogP contribution in [0.3, 0.4) is 0 Å². The summed E-state index contributed by atoms with van der Waals surface area (Å²) < 4.78 is 0. The van der Waals surface area contributed by atoms with Crippen LogP contribution in [0, 0.1) is 12.3 Å². The molecular formula is C24H63N. The first kappa shape index (κ1) is 56.3. The first-order valence-corrected chi connectivity index (χ1v) is 10.2. The molecule has 1 fully saturated rings. The van der Waals surface area contributed by atoms with Gasteiger partial charge in [-0.3, -0.25) is 0 Å². The van der Waals surface area contributed by atoms with Gasteiger partial charge >= 0.3 is 0 Å². The second-order valence-corrected chi connectivity index (χ2v) is 3.82. The van der Waals surface area contributed by atoms with Crippen LogP contribution in [-0.2, 0) is 0 Å². The van der Waals surface area contributed by atoms with E-state index in [0.29, 0.717) is 0 Å². The van der Waals surface area contributed by atoms with E-state index in [0.717, 1.165) is 0 Å². The molecule has 0 atom stereocenters. The molecule has 0 amide bonds. The Balaban J connectivity index is -0.0000000174. The molecular weight excluding hydrogens is 302 g/mol. The van der Waals surface area contributed by atoms with Crippen molar-refractivity contribution in [2.75, 3.05) is 7.05 Å². The third-order valence-electron chi connectivity index (χ3n) is 1.50. The summed E-state index contributed by atoms with van der Waals surface area (Å²) in [6, 6.07) is 0. The molecule has 0 aromatic rings. The number of terminal acetylenes is 1. The summed E-state index contributed by atoms with van der Waals surface area (Å²) in [5, 5.41) is 0. The van der Waals surface area contributed by atoms with Gasteiger partial charge in [-0.1, -0.05) is 135 Å². The molecule has 1 rings (SSSR count). The third-order valence-corrected chi connectivity index (χ3v) is 1.50. The fourth-order valence-corrected chi connectivity index (χ4v) is 1.06. The molecule has 1 aliphatic carbocycles. The topological polar surface area (TPSA) is 26.0 Å². The predicted molar refractivity (Wildman–Crippen MR) is 132 cm³/mol. The average Bonchev–Trinajstić information content (AvgIpc) is 2.65. The highest BCUT2D eigenvalue weighted by atomic mass is 14.4. The summed E-state index contributed by atoms with van der Waals surface area (Å²) in [4.78, 5) is 0. The molecule has 1 saturated carbocycles. The van der Waals surface area contributed by atoms with E-state index in [9.17, 15) is 0 Å². The molecule has 2 N–H and O–H groups in total. The molecule has 0 unspecified atom stereocenters. The number of nitrogens with two attached hydrogens (primary N) is 1. The van der Waals surface area contributed by atoms with Crippen molar-refractivity contribution in [1.29, 1.82) is 0 Å². The number of rotatable bonds is 0. The van der Waals surface area contributed by atoms with E-state index in [4.69, 9.17) is 0 Å². The summed E-state index contributed by atoms with van der Waals surface area (Å²) in [6.07, 6.45) is 16.1. The van der Waals surface area contributed by atoms with Gasteiger partial charge in [-0.05, 0) is 14.0 Å². The molecule has 1 aliphatic rings. The Morgan fingerprint density at radius 1 is 0.600 bits per heavy atom. The van der Waals surface area contributed by atoms with Crippen molar-refractivity contribution in [2.45, 2.75) is 142 Å². The van der Waals surface area contributed by atoms with E-state index in [2.05, 4.69) is 45.8 Å². The molecule has 1 nitrogen and oxygen atoms in total. The Morgan fingerprint density at radius 3 is 0.680 bits per heavy atom. The lowest BCUT2D eigenvalue weighted by Crippen LogP contribution is -1.85. The van der Waals surface area contributed by atoms with Gasteiger partial charge in [-0.15, -0.1) is 12.3 Å². The first-order chi connectivity index (χ1) is 11.2. The minimum Gasteiger partial charge on any atom is -0.333 e. The van der Waals surface area contributed by atoms with Gasteiger partial charge in [0.2, 0.25) is 0 Å². The lowest BCUT2D eigenvalue weighted by atomic mass is 10.0. The van der Waals surface area contributed by atoms with Crippen LogP contribution in [0.15, 0.2) is 0 Å². The smallest absolute Gasteiger partial charge is 0.00297 e. The molecule has 0 aromatic heterocycles. The number of hydrogen-bond donors (Lipinski definition) is 1. The molecule has 0 bridgehead atoms. The van der Waals surface area contributed by atoms with Crippen LogP contribution in [0.5, 0.6) is 0 Å². The van der Waals surface area contributed by atoms with Crippen molar-refractivity contribution in [3.63, 3.8) is 0 Å². The maximum atomic E-state index is 4.60. The number of hydrogen-bond acceptors (Lipinski definition) is 1. The summed E-state index contributed by atoms with van der Waals surface area (Å²) in [6.45, 7) is 22.2. The van der Waals surface area contributed by atoms with E-state index in [1.54, 1.807) is 6.92 Å². The second-order valence-electron chi connectivity index (χ2n) is 3.82. The average molecular weight is 366 g/mol. The van der Waals surface area contributed by atoms with E-state index in [1.807, 2.05) is 41.5 Å². The molecule has 0 spiro atoms. The Bertz CT molecular complexity index is 85.6. The minimum atomic E-state index is 0. The summed E-state index contributed by atoms with van der Waals surface area (Å²) in [7, 11) is 1.50. The maximum absolute atomic E-state index is 4.60. The molecule has 0 aliphatic heterocycles. The summed E-state index contributed by atoms with van der Waals surface area (Å²) in [5.74, 6) is 2.25. The fraction of sp³-hybridized carbons (Fsp3) is 0.917. The van der Waals surface area contributed by atoms with Crippen molar-refractivity contribution in [3.05, 3.63) is 0 Å². The van der Waals surface area contributed by atoms with E-state index in [-0.39, 0.29) is 14.9 Å². The maximum Gasteiger partial charge on any atom is -0.00297 e. The minimum absolute atomic E-state index is 0. The Morgan fingerprint density at radius 2 is 0.640 bits per heavy atom. The summed E-state index contributed by atoms with van der Waals surface area (Å²) in [5.41, 5.74) is 4.50. The normalized spacial score (nSPS) is 8.48. The van der Waals surface area contributed by atoms with Crippen molar-refractivity contribution < 1.29 is 0 Å². The second kappa shape index (κ2) is 164. The molecule has 25 heavy (non-hydrogen) atoms. The first-order valence-electron chi connectivity index (χ1n) is 10.2. The zero-order valence-electron chi connectivity index (χ0n) is 19.3. The largest absolute Gasteiger partial charge is 0.333 e. The van der Waals surface area contributed by atoms with Crippen molar-refractivity contribution >= 4 is 0 Å². The van der Waals surface area contributed by atoms with Gasteiger partial charge in [-0.2, -0.15) is 0 Å². The predicted octanol–water partition coefficient (Wildman–Crippen LogP) is 9.74. The van der Waals surface area contributed by atoms with Crippen molar-refractivity contribution in [2.24, 2.45) is 5.73 Å². The highest BCUT2D eigenvalue weighted by Crippen LogP contribution is 2.15. The lowest BCUT2D eigenvalue weighted by Gasteiger charge is -2.05. The van der Waals surface area contributed by atoms with E-state index < -0.39 is 0 Å². The lowest BCUT2D eigenvalue weighted by molar-refractivity contribution is 0.504. The quantitative estimate of drug-likeness (QED) is 0.424. The van der Waals surface area contributed by atoms with Crippen molar-refractivity contribution in [1.82, 2.24) is 0 Å². The fourth-order valence-electron chi connectivity index (χ4n) is 1.06. The van der Waals surface area contributed by atoms with E-state index >= 15 is 0 Å². The molecule has 0 aromatic carbocycles. The zero-order chi connectivity index (χ0) is 20.4. The molecule has 0 heterocycles. The van der Waals surface area contributed by atoms with Crippen LogP contribution in [0.1, 0.15) is 142 Å². The van der Waals surface area contributed by atoms with Crippen LogP contribution in [0.4, 0.5) is 0 Å². The SMILES string of the molecule is C.C.C#CC.C1CCCCC1.CC.CC.CC.CCC.CCC.CN. The van der Waals surface area contributed by atoms with Gasteiger partial charge in [-0.25, -0.2) is 0 Å². The standard InChI is InChI=1S/C6H12.2C3H8.C3H4.3C2H6.CH5N.2CH4/c1-2-4-6-5-3-1;3*1-3-2;4*1-2;;/h1-6H2;2*3H2,1-2H3;1H,2H3;3*1-2H3;2H2,1H3;2*1H4. The monoisotopic (exact) mass is 365 g/mol. The molecule has 164 valence electrons. The Hall–Kier alpha value is -0.480. The van der Waals surface area contributed by atoms with Gasteiger partial charge in [0.05, 0.1) is 0 Å². The van der Waals surface area contributed by atoms with Crippen LogP contribution in [0.2, 0.25) is 0 Å². The van der Waals surface area contributed by atoms with Crippen molar-refractivity contribution in [3.8, 4) is 12.3 Å². The van der Waals surface area contributed by atoms with Gasteiger partial charge < -0.3 is 5.73 Å². The Kier molecular flexibility index (Phi) is 370. The third kappa shape index (κ3) is 357. The Labute approximate surface area is 168 Å². The van der Waals surface area contributed by atoms with Gasteiger partial charge in [0.15, 0.2) is 0 Å². The van der Waals surface area contributed by atoms with E-state index in [1.165, 1.54) is 58.4 Å². The van der Waals surface area contributed by atoms with Gasteiger partial charge in [0, 0.05) is 0 Å². The van der Waals surface area contributed by atoms with Crippen LogP contribution in [0.25, 0.3) is 0 Å². The highest BCUT2D eigenvalue weighted by molar-refractivity contribution is 4.73. The van der Waals surface area contributed by atoms with Gasteiger partial charge in [0.25, 0.3) is 0 Å². The highest BCUT2D eigenvalue weighted by Gasteiger charge is 1.95. The van der Waals surface area contributed by atoms with Crippen LogP contribution in [-0.4, -0.2) is 7.05 Å². The van der Waals surface area contributed by atoms with Crippen LogP contribution >= 0.6 is 0 Å².